The first-order valence-electron chi connectivity index (χ1n) is 7.68. The molecule has 0 radical (unpaired) electrons. The van der Waals surface area contributed by atoms with Gasteiger partial charge in [0.1, 0.15) is 6.04 Å². The monoisotopic (exact) mass is 381 g/mol. The fraction of sp³-hybridized carbons (Fsp3) is 0.353. The van der Waals surface area contributed by atoms with Gasteiger partial charge in [-0.15, -0.1) is 0 Å². The quantitative estimate of drug-likeness (QED) is 0.711. The van der Waals surface area contributed by atoms with Crippen molar-refractivity contribution in [1.82, 2.24) is 15.1 Å². The SMILES string of the molecule is COC(=O)[C@H](CCSC)NC(=O)c1cnn(Cc2ccccc2Cl)c1. The Morgan fingerprint density at radius 2 is 2.16 bits per heavy atom. The van der Waals surface area contributed by atoms with Gasteiger partial charge >= 0.3 is 5.97 Å². The largest absolute Gasteiger partial charge is 0.467 e. The van der Waals surface area contributed by atoms with Crippen LogP contribution in [0, 0.1) is 0 Å². The van der Waals surface area contributed by atoms with Crippen LogP contribution in [0.1, 0.15) is 22.3 Å². The number of carbonyl (C=O) groups is 2. The molecule has 2 aromatic rings. The van der Waals surface area contributed by atoms with Crippen molar-refractivity contribution in [3.05, 3.63) is 52.8 Å². The average Bonchev–Trinajstić information content (AvgIpc) is 3.08. The summed E-state index contributed by atoms with van der Waals surface area (Å²) in [7, 11) is 1.31. The lowest BCUT2D eigenvalue weighted by Gasteiger charge is -2.15. The van der Waals surface area contributed by atoms with E-state index in [1.165, 1.54) is 13.3 Å². The molecule has 1 aromatic carbocycles. The molecule has 6 nitrogen and oxygen atoms in total. The molecular weight excluding hydrogens is 362 g/mol. The molecule has 8 heteroatoms. The molecule has 1 heterocycles. The van der Waals surface area contributed by atoms with Crippen LogP contribution in [-0.4, -0.2) is 46.8 Å². The Morgan fingerprint density at radius 3 is 2.84 bits per heavy atom. The molecule has 0 aliphatic carbocycles. The Kier molecular flexibility index (Phi) is 7.33. The number of hydrogen-bond donors (Lipinski definition) is 1. The summed E-state index contributed by atoms with van der Waals surface area (Å²) in [5.41, 5.74) is 1.29. The van der Waals surface area contributed by atoms with E-state index in [2.05, 4.69) is 10.4 Å². The summed E-state index contributed by atoms with van der Waals surface area (Å²) in [5, 5.41) is 7.53. The number of methoxy groups -OCH3 is 1. The molecule has 2 rings (SSSR count). The van der Waals surface area contributed by atoms with Crippen LogP contribution >= 0.6 is 23.4 Å². The number of ether oxygens (including phenoxy) is 1. The number of nitrogens with one attached hydrogen (secondary N) is 1. The summed E-state index contributed by atoms with van der Waals surface area (Å²) < 4.78 is 6.38. The third-order valence-corrected chi connectivity index (χ3v) is 4.60. The molecule has 0 saturated carbocycles. The highest BCUT2D eigenvalue weighted by molar-refractivity contribution is 7.98. The van der Waals surface area contributed by atoms with Crippen LogP contribution in [0.4, 0.5) is 0 Å². The summed E-state index contributed by atoms with van der Waals surface area (Å²) in [5.74, 6) is -0.0704. The van der Waals surface area contributed by atoms with Crippen LogP contribution in [0.5, 0.6) is 0 Å². The second kappa shape index (κ2) is 9.48. The normalized spacial score (nSPS) is 11.8. The van der Waals surface area contributed by atoms with Gasteiger partial charge in [0.05, 0.1) is 25.4 Å². The van der Waals surface area contributed by atoms with Crippen LogP contribution in [0.3, 0.4) is 0 Å². The number of benzene rings is 1. The zero-order valence-corrected chi connectivity index (χ0v) is 15.6. The molecule has 134 valence electrons. The summed E-state index contributed by atoms with van der Waals surface area (Å²) >= 11 is 7.74. The maximum Gasteiger partial charge on any atom is 0.328 e. The van der Waals surface area contributed by atoms with Crippen molar-refractivity contribution < 1.29 is 14.3 Å². The minimum atomic E-state index is -0.670. The number of hydrogen-bond acceptors (Lipinski definition) is 5. The zero-order chi connectivity index (χ0) is 18.2. The van der Waals surface area contributed by atoms with Gasteiger partial charge in [0.25, 0.3) is 5.91 Å². The highest BCUT2D eigenvalue weighted by Crippen LogP contribution is 2.16. The fourth-order valence-electron chi connectivity index (χ4n) is 2.24. The van der Waals surface area contributed by atoms with E-state index in [4.69, 9.17) is 16.3 Å². The first-order chi connectivity index (χ1) is 12.0. The van der Waals surface area contributed by atoms with Crippen molar-refractivity contribution in [2.75, 3.05) is 19.1 Å². The van der Waals surface area contributed by atoms with Crippen LogP contribution in [0.25, 0.3) is 0 Å². The van der Waals surface area contributed by atoms with Gasteiger partial charge in [-0.1, -0.05) is 29.8 Å². The molecule has 0 aliphatic heterocycles. The molecule has 1 aromatic heterocycles. The van der Waals surface area contributed by atoms with Gasteiger partial charge in [0.2, 0.25) is 0 Å². The molecule has 0 bridgehead atoms. The van der Waals surface area contributed by atoms with Crippen LogP contribution < -0.4 is 5.32 Å². The van der Waals surface area contributed by atoms with Gasteiger partial charge < -0.3 is 10.1 Å². The lowest BCUT2D eigenvalue weighted by atomic mass is 10.2. The summed E-state index contributed by atoms with van der Waals surface area (Å²) in [6, 6.07) is 6.79. The Morgan fingerprint density at radius 1 is 1.40 bits per heavy atom. The lowest BCUT2D eigenvalue weighted by molar-refractivity contribution is -0.142. The number of amides is 1. The van der Waals surface area contributed by atoms with Crippen molar-refractivity contribution in [3.8, 4) is 0 Å². The van der Waals surface area contributed by atoms with Gasteiger partial charge in [-0.3, -0.25) is 9.48 Å². The molecule has 0 spiro atoms. The number of nitrogens with zero attached hydrogens (tertiary/aromatic N) is 2. The predicted octanol–water partition coefficient (Wildman–Crippen LogP) is 2.61. The Hall–Kier alpha value is -1.99. The Bertz CT molecular complexity index is 735. The van der Waals surface area contributed by atoms with E-state index in [1.807, 2.05) is 24.5 Å². The van der Waals surface area contributed by atoms with Crippen LogP contribution in [0.15, 0.2) is 36.7 Å². The maximum atomic E-state index is 12.4. The number of carbonyl (C=O) groups excluding carboxylic acids is 2. The third-order valence-electron chi connectivity index (χ3n) is 3.59. The lowest BCUT2D eigenvalue weighted by Crippen LogP contribution is -2.41. The minimum Gasteiger partial charge on any atom is -0.467 e. The van der Waals surface area contributed by atoms with Gasteiger partial charge in [-0.05, 0) is 30.1 Å². The third kappa shape index (κ3) is 5.51. The Labute approximate surface area is 155 Å². The smallest absolute Gasteiger partial charge is 0.328 e. The van der Waals surface area contributed by atoms with Gasteiger partial charge in [-0.2, -0.15) is 16.9 Å². The van der Waals surface area contributed by atoms with Crippen LogP contribution in [-0.2, 0) is 16.1 Å². The van der Waals surface area contributed by atoms with Crippen molar-refractivity contribution in [1.29, 1.82) is 0 Å². The van der Waals surface area contributed by atoms with E-state index >= 15 is 0 Å². The molecule has 1 atom stereocenters. The number of thioether (sulfide) groups is 1. The molecule has 0 unspecified atom stereocenters. The van der Waals surface area contributed by atoms with E-state index in [0.29, 0.717) is 23.6 Å². The van der Waals surface area contributed by atoms with Crippen LogP contribution in [0.2, 0.25) is 5.02 Å². The summed E-state index contributed by atoms with van der Waals surface area (Å²) in [6.45, 7) is 0.458. The second-order valence-electron chi connectivity index (χ2n) is 5.35. The standard InChI is InChI=1S/C17H20ClN3O3S/c1-24-17(23)15(7-8-25-2)20-16(22)13-9-19-21(11-13)10-12-5-3-4-6-14(12)18/h3-6,9,11,15H,7-8,10H2,1-2H3,(H,20,22)/t15-/m0/s1. The van der Waals surface area contributed by atoms with E-state index < -0.39 is 12.0 Å². The number of rotatable bonds is 8. The van der Waals surface area contributed by atoms with E-state index in [0.717, 1.165) is 11.3 Å². The highest BCUT2D eigenvalue weighted by atomic mass is 35.5. The summed E-state index contributed by atoms with van der Waals surface area (Å²) in [6.07, 6.45) is 5.54. The average molecular weight is 382 g/mol. The van der Waals surface area contributed by atoms with Gasteiger partial charge in [0, 0.05) is 11.2 Å². The van der Waals surface area contributed by atoms with E-state index in [-0.39, 0.29) is 5.91 Å². The number of halogens is 1. The molecule has 1 amide bonds. The first-order valence-corrected chi connectivity index (χ1v) is 9.45. The number of esters is 1. The zero-order valence-electron chi connectivity index (χ0n) is 14.1. The van der Waals surface area contributed by atoms with Crippen molar-refractivity contribution in [2.45, 2.75) is 19.0 Å². The minimum absolute atomic E-state index is 0.359. The molecule has 0 fully saturated rings. The topological polar surface area (TPSA) is 73.2 Å². The molecule has 0 saturated heterocycles. The molecule has 25 heavy (non-hydrogen) atoms. The maximum absolute atomic E-state index is 12.4. The summed E-state index contributed by atoms with van der Waals surface area (Å²) in [4.78, 5) is 24.2. The predicted molar refractivity (Wildman–Crippen MR) is 99.1 cm³/mol. The Balaban J connectivity index is 2.03. The van der Waals surface area contributed by atoms with Gasteiger partial charge in [-0.25, -0.2) is 4.79 Å². The van der Waals surface area contributed by atoms with Crippen molar-refractivity contribution in [3.63, 3.8) is 0 Å². The van der Waals surface area contributed by atoms with Crippen molar-refractivity contribution in [2.24, 2.45) is 0 Å². The number of aromatic nitrogens is 2. The first kappa shape index (κ1) is 19.3. The van der Waals surface area contributed by atoms with E-state index in [9.17, 15) is 9.59 Å². The van der Waals surface area contributed by atoms with Gasteiger partial charge in [0.15, 0.2) is 0 Å². The molecule has 1 N–H and O–H groups in total. The molecule has 0 aliphatic rings. The molecular formula is C17H20ClN3O3S. The van der Waals surface area contributed by atoms with Crippen molar-refractivity contribution >= 4 is 35.2 Å². The second-order valence-corrected chi connectivity index (χ2v) is 6.74. The van der Waals surface area contributed by atoms with E-state index in [1.54, 1.807) is 28.7 Å². The highest BCUT2D eigenvalue weighted by Gasteiger charge is 2.22. The fourth-order valence-corrected chi connectivity index (χ4v) is 2.90.